The Hall–Kier alpha value is -2.83. The van der Waals surface area contributed by atoms with E-state index in [4.69, 9.17) is 0 Å². The number of carbonyl (C=O) groups is 2. The maximum atomic E-state index is 13.6. The molecule has 0 aliphatic rings. The highest BCUT2D eigenvalue weighted by atomic mass is 19.1. The van der Waals surface area contributed by atoms with E-state index < -0.39 is 34.7 Å². The van der Waals surface area contributed by atoms with Crippen molar-refractivity contribution in [1.82, 2.24) is 10.3 Å². The predicted molar refractivity (Wildman–Crippen MR) is 85.8 cm³/mol. The van der Waals surface area contributed by atoms with Crippen molar-refractivity contribution in [2.75, 3.05) is 5.32 Å². The van der Waals surface area contributed by atoms with Gasteiger partial charge in [-0.2, -0.15) is 0 Å². The summed E-state index contributed by atoms with van der Waals surface area (Å²) < 4.78 is 27.2. The number of benzene rings is 1. The highest BCUT2D eigenvalue weighted by molar-refractivity contribution is 6.05. The van der Waals surface area contributed by atoms with Gasteiger partial charge in [-0.25, -0.2) is 8.78 Å². The van der Waals surface area contributed by atoms with Gasteiger partial charge in [-0.1, -0.05) is 6.07 Å². The lowest BCUT2D eigenvalue weighted by Crippen LogP contribution is -2.41. The molecule has 126 valence electrons. The van der Waals surface area contributed by atoms with Gasteiger partial charge in [0.15, 0.2) is 0 Å². The normalized spacial score (nSPS) is 11.0. The Morgan fingerprint density at radius 3 is 2.25 bits per heavy atom. The molecule has 0 atom stereocenters. The Balaban J connectivity index is 2.22. The van der Waals surface area contributed by atoms with Crippen molar-refractivity contribution in [3.63, 3.8) is 0 Å². The Morgan fingerprint density at radius 2 is 1.67 bits per heavy atom. The van der Waals surface area contributed by atoms with Crippen molar-refractivity contribution in [3.8, 4) is 0 Å². The molecule has 2 amide bonds. The Labute approximate surface area is 138 Å². The summed E-state index contributed by atoms with van der Waals surface area (Å²) in [4.78, 5) is 28.2. The highest BCUT2D eigenvalue weighted by Crippen LogP contribution is 2.19. The first-order chi connectivity index (χ1) is 11.2. The SMILES string of the molecule is CC(C)(C)NC(=O)c1cc(C(=O)Nc2c(F)cccc2F)ccn1. The standard InChI is InChI=1S/C17H17F2N3O2/c1-17(2,3)22-16(24)13-9-10(7-8-20-13)15(23)21-14-11(18)5-4-6-12(14)19/h4-9H,1-3H3,(H,21,23)(H,22,24). The van der Waals surface area contributed by atoms with Gasteiger partial charge in [0.25, 0.3) is 11.8 Å². The minimum absolute atomic E-state index is 0.0339. The molecule has 1 aromatic heterocycles. The van der Waals surface area contributed by atoms with Gasteiger partial charge in [0.2, 0.25) is 0 Å². The zero-order chi connectivity index (χ0) is 17.9. The number of pyridine rings is 1. The zero-order valence-electron chi connectivity index (χ0n) is 13.5. The monoisotopic (exact) mass is 333 g/mol. The molecule has 0 radical (unpaired) electrons. The summed E-state index contributed by atoms with van der Waals surface area (Å²) >= 11 is 0. The van der Waals surface area contributed by atoms with Crippen LogP contribution in [0, 0.1) is 11.6 Å². The van der Waals surface area contributed by atoms with Crippen LogP contribution >= 0.6 is 0 Å². The number of anilines is 1. The molecule has 2 rings (SSSR count). The minimum atomic E-state index is -0.886. The summed E-state index contributed by atoms with van der Waals surface area (Å²) in [5.41, 5.74) is -0.911. The van der Waals surface area contributed by atoms with Gasteiger partial charge in [0.1, 0.15) is 23.0 Å². The summed E-state index contributed by atoms with van der Waals surface area (Å²) in [5, 5.41) is 4.88. The number of hydrogen-bond donors (Lipinski definition) is 2. The zero-order valence-corrected chi connectivity index (χ0v) is 13.5. The summed E-state index contributed by atoms with van der Waals surface area (Å²) in [7, 11) is 0. The van der Waals surface area contributed by atoms with E-state index in [-0.39, 0.29) is 11.3 Å². The van der Waals surface area contributed by atoms with Crippen molar-refractivity contribution in [1.29, 1.82) is 0 Å². The first-order valence-corrected chi connectivity index (χ1v) is 7.21. The number of nitrogens with zero attached hydrogens (tertiary/aromatic N) is 1. The molecule has 24 heavy (non-hydrogen) atoms. The number of amides is 2. The summed E-state index contributed by atoms with van der Waals surface area (Å²) in [5.74, 6) is -2.97. The van der Waals surface area contributed by atoms with E-state index in [0.717, 1.165) is 12.1 Å². The first kappa shape index (κ1) is 17.5. The highest BCUT2D eigenvalue weighted by Gasteiger charge is 2.18. The predicted octanol–water partition coefficient (Wildman–Crippen LogP) is 3.14. The Bertz CT molecular complexity index is 765. The molecule has 1 heterocycles. The number of para-hydroxylation sites is 1. The molecule has 0 spiro atoms. The molecule has 0 fully saturated rings. The second-order valence-electron chi connectivity index (χ2n) is 6.18. The van der Waals surface area contributed by atoms with Crippen LogP contribution in [0.5, 0.6) is 0 Å². The second kappa shape index (κ2) is 6.74. The molecular weight excluding hydrogens is 316 g/mol. The number of nitrogens with one attached hydrogen (secondary N) is 2. The lowest BCUT2D eigenvalue weighted by molar-refractivity contribution is 0.0914. The minimum Gasteiger partial charge on any atom is -0.346 e. The first-order valence-electron chi connectivity index (χ1n) is 7.21. The lowest BCUT2D eigenvalue weighted by atomic mass is 10.1. The molecule has 7 heteroatoms. The summed E-state index contributed by atoms with van der Waals surface area (Å²) in [6.07, 6.45) is 1.28. The third kappa shape index (κ3) is 4.34. The Morgan fingerprint density at radius 1 is 1.04 bits per heavy atom. The van der Waals surface area contributed by atoms with Gasteiger partial charge in [0.05, 0.1) is 0 Å². The van der Waals surface area contributed by atoms with Crippen LogP contribution in [0.2, 0.25) is 0 Å². The third-order valence-electron chi connectivity index (χ3n) is 2.94. The van der Waals surface area contributed by atoms with Crippen molar-refractivity contribution >= 4 is 17.5 Å². The molecule has 5 nitrogen and oxygen atoms in total. The fraction of sp³-hybridized carbons (Fsp3) is 0.235. The molecule has 1 aromatic carbocycles. The molecule has 0 aliphatic carbocycles. The fourth-order valence-corrected chi connectivity index (χ4v) is 1.90. The molecule has 2 aromatic rings. The van der Waals surface area contributed by atoms with Crippen molar-refractivity contribution in [3.05, 3.63) is 59.4 Å². The average Bonchev–Trinajstić information content (AvgIpc) is 2.49. The Kier molecular flexibility index (Phi) is 4.92. The average molecular weight is 333 g/mol. The number of rotatable bonds is 3. The summed E-state index contributed by atoms with van der Waals surface area (Å²) in [6, 6.07) is 5.87. The van der Waals surface area contributed by atoms with Crippen molar-refractivity contribution in [2.45, 2.75) is 26.3 Å². The third-order valence-corrected chi connectivity index (χ3v) is 2.94. The van der Waals surface area contributed by atoms with E-state index in [0.29, 0.717) is 0 Å². The van der Waals surface area contributed by atoms with Crippen LogP contribution < -0.4 is 10.6 Å². The summed E-state index contributed by atoms with van der Waals surface area (Å²) in [6.45, 7) is 5.42. The van der Waals surface area contributed by atoms with Gasteiger partial charge in [-0.3, -0.25) is 14.6 Å². The second-order valence-corrected chi connectivity index (χ2v) is 6.18. The van der Waals surface area contributed by atoms with E-state index in [1.54, 1.807) is 0 Å². The molecule has 0 saturated carbocycles. The van der Waals surface area contributed by atoms with Gasteiger partial charge in [-0.15, -0.1) is 0 Å². The van der Waals surface area contributed by atoms with E-state index in [1.807, 2.05) is 20.8 Å². The van der Waals surface area contributed by atoms with Crippen LogP contribution in [0.4, 0.5) is 14.5 Å². The van der Waals surface area contributed by atoms with Crippen LogP contribution in [0.1, 0.15) is 41.6 Å². The van der Waals surface area contributed by atoms with Crippen molar-refractivity contribution < 1.29 is 18.4 Å². The van der Waals surface area contributed by atoms with E-state index in [9.17, 15) is 18.4 Å². The molecule has 0 unspecified atom stereocenters. The van der Waals surface area contributed by atoms with Crippen molar-refractivity contribution in [2.24, 2.45) is 0 Å². The number of halogens is 2. The molecule has 0 aliphatic heterocycles. The quantitative estimate of drug-likeness (QED) is 0.906. The molecule has 0 bridgehead atoms. The van der Waals surface area contributed by atoms with Gasteiger partial charge in [-0.05, 0) is 45.0 Å². The van der Waals surface area contributed by atoms with Crippen LogP contribution in [0.15, 0.2) is 36.5 Å². The maximum Gasteiger partial charge on any atom is 0.270 e. The van der Waals surface area contributed by atoms with E-state index in [2.05, 4.69) is 15.6 Å². The van der Waals surface area contributed by atoms with E-state index in [1.165, 1.54) is 24.4 Å². The molecule has 2 N–H and O–H groups in total. The largest absolute Gasteiger partial charge is 0.346 e. The van der Waals surface area contributed by atoms with Gasteiger partial charge >= 0.3 is 0 Å². The van der Waals surface area contributed by atoms with Gasteiger partial charge in [0, 0.05) is 17.3 Å². The van der Waals surface area contributed by atoms with Gasteiger partial charge < -0.3 is 10.6 Å². The smallest absolute Gasteiger partial charge is 0.270 e. The van der Waals surface area contributed by atoms with E-state index >= 15 is 0 Å². The van der Waals surface area contributed by atoms with Crippen LogP contribution in [0.25, 0.3) is 0 Å². The topological polar surface area (TPSA) is 71.1 Å². The number of aromatic nitrogens is 1. The molecule has 0 saturated heterocycles. The number of carbonyl (C=O) groups excluding carboxylic acids is 2. The fourth-order valence-electron chi connectivity index (χ4n) is 1.90. The number of hydrogen-bond acceptors (Lipinski definition) is 3. The lowest BCUT2D eigenvalue weighted by Gasteiger charge is -2.20. The molecular formula is C17H17F2N3O2. The van der Waals surface area contributed by atoms with Crippen LogP contribution in [-0.4, -0.2) is 22.3 Å². The maximum absolute atomic E-state index is 13.6. The van der Waals surface area contributed by atoms with Crippen LogP contribution in [0.3, 0.4) is 0 Å². The van der Waals surface area contributed by atoms with Crippen LogP contribution in [-0.2, 0) is 0 Å².